The molecule has 0 saturated heterocycles. The van der Waals surface area contributed by atoms with Crippen LogP contribution in [0.15, 0.2) is 12.1 Å². The summed E-state index contributed by atoms with van der Waals surface area (Å²) in [6, 6.07) is 4.57. The maximum absolute atomic E-state index is 3.93. The maximum atomic E-state index is 3.93. The van der Waals surface area contributed by atoms with Crippen LogP contribution in [-0.2, 0) is 5.41 Å². The number of hydrogen-bond acceptors (Lipinski definition) is 0. The Labute approximate surface area is 133 Å². The van der Waals surface area contributed by atoms with Gasteiger partial charge < -0.3 is 4.98 Å². The number of H-pyrrole nitrogens is 1. The molecule has 4 bridgehead atoms. The van der Waals surface area contributed by atoms with E-state index >= 15 is 0 Å². The summed E-state index contributed by atoms with van der Waals surface area (Å²) in [5.41, 5.74) is 7.89. The predicted octanol–water partition coefficient (Wildman–Crippen LogP) is 5.56. The molecule has 116 valence electrons. The van der Waals surface area contributed by atoms with Gasteiger partial charge in [0.1, 0.15) is 0 Å². The summed E-state index contributed by atoms with van der Waals surface area (Å²) in [6.07, 6.45) is 8.92. The largest absolute Gasteiger partial charge is 0.357 e. The number of fused-ring (bicyclic) bond motifs is 1. The minimum absolute atomic E-state index is 0.483. The van der Waals surface area contributed by atoms with Crippen molar-refractivity contribution in [1.82, 2.24) is 4.98 Å². The monoisotopic (exact) mass is 293 g/mol. The zero-order chi connectivity index (χ0) is 15.1. The highest BCUT2D eigenvalue weighted by Crippen LogP contribution is 2.61. The summed E-state index contributed by atoms with van der Waals surface area (Å²) < 4.78 is 0. The molecule has 4 fully saturated rings. The van der Waals surface area contributed by atoms with E-state index in [4.69, 9.17) is 0 Å². The summed E-state index contributed by atoms with van der Waals surface area (Å²) >= 11 is 0. The lowest BCUT2D eigenvalue weighted by Gasteiger charge is -2.56. The van der Waals surface area contributed by atoms with Gasteiger partial charge >= 0.3 is 0 Å². The Morgan fingerprint density at radius 3 is 1.95 bits per heavy atom. The first-order valence-electron chi connectivity index (χ1n) is 9.15. The van der Waals surface area contributed by atoms with Crippen LogP contribution in [0.3, 0.4) is 0 Å². The molecule has 0 radical (unpaired) electrons. The van der Waals surface area contributed by atoms with Gasteiger partial charge in [-0.1, -0.05) is 12.1 Å². The minimum atomic E-state index is 0.483. The Hall–Kier alpha value is -1.24. The van der Waals surface area contributed by atoms with Crippen LogP contribution in [0.5, 0.6) is 0 Å². The van der Waals surface area contributed by atoms with Crippen LogP contribution in [0.1, 0.15) is 60.9 Å². The highest BCUT2D eigenvalue weighted by atomic mass is 14.8. The lowest BCUT2D eigenvalue weighted by Crippen LogP contribution is -2.49. The van der Waals surface area contributed by atoms with E-state index in [0.29, 0.717) is 5.41 Å². The molecular weight excluding hydrogens is 266 g/mol. The van der Waals surface area contributed by atoms with Gasteiger partial charge in [-0.25, -0.2) is 0 Å². The molecule has 0 aliphatic heterocycles. The summed E-state index contributed by atoms with van der Waals surface area (Å²) in [5, 5.41) is 1.51. The second-order valence-corrected chi connectivity index (χ2v) is 8.77. The highest BCUT2D eigenvalue weighted by Gasteiger charge is 2.52. The van der Waals surface area contributed by atoms with Crippen LogP contribution >= 0.6 is 0 Å². The van der Waals surface area contributed by atoms with Crippen molar-refractivity contribution in [1.29, 1.82) is 0 Å². The van der Waals surface area contributed by atoms with Crippen molar-refractivity contribution in [3.63, 3.8) is 0 Å². The second-order valence-electron chi connectivity index (χ2n) is 8.77. The van der Waals surface area contributed by atoms with Gasteiger partial charge in [0.2, 0.25) is 0 Å². The van der Waals surface area contributed by atoms with Crippen LogP contribution in [0.4, 0.5) is 0 Å². The molecule has 0 unspecified atom stereocenters. The van der Waals surface area contributed by atoms with Crippen molar-refractivity contribution in [2.45, 2.75) is 64.7 Å². The van der Waals surface area contributed by atoms with Gasteiger partial charge in [0.15, 0.2) is 0 Å². The van der Waals surface area contributed by atoms with E-state index in [2.05, 4.69) is 37.9 Å². The number of aryl methyl sites for hydroxylation is 3. The first-order valence-corrected chi connectivity index (χ1v) is 9.15. The standard InChI is InChI=1S/C21H27N/c1-12-4-5-13(2)19-18(12)14(3)20(22-19)21-9-15-6-16(10-21)8-17(7-15)11-21/h4-5,15-17,22H,6-11H2,1-3H3. The fourth-order valence-corrected chi connectivity index (χ4v) is 6.75. The van der Waals surface area contributed by atoms with Crippen LogP contribution in [0.25, 0.3) is 10.9 Å². The zero-order valence-electron chi connectivity index (χ0n) is 14.1. The molecule has 6 rings (SSSR count). The number of benzene rings is 1. The van der Waals surface area contributed by atoms with Crippen LogP contribution in [-0.4, -0.2) is 4.98 Å². The Bertz CT molecular complexity index is 729. The zero-order valence-corrected chi connectivity index (χ0v) is 14.1. The Morgan fingerprint density at radius 1 is 0.864 bits per heavy atom. The average molecular weight is 293 g/mol. The Kier molecular flexibility index (Phi) is 2.52. The molecule has 1 aromatic heterocycles. The number of aromatic amines is 1. The predicted molar refractivity (Wildman–Crippen MR) is 92.4 cm³/mol. The molecule has 4 aliphatic rings. The van der Waals surface area contributed by atoms with Gasteiger partial charge in [-0.15, -0.1) is 0 Å². The molecule has 0 amide bonds. The molecule has 4 aliphatic carbocycles. The van der Waals surface area contributed by atoms with Crippen molar-refractivity contribution in [3.05, 3.63) is 34.5 Å². The van der Waals surface area contributed by atoms with E-state index in [0.717, 1.165) is 17.8 Å². The summed E-state index contributed by atoms with van der Waals surface area (Å²) in [4.78, 5) is 3.93. The quantitative estimate of drug-likeness (QED) is 0.708. The molecule has 1 aromatic carbocycles. The van der Waals surface area contributed by atoms with E-state index in [1.54, 1.807) is 11.3 Å². The molecule has 1 nitrogen and oxygen atoms in total. The molecule has 1 heterocycles. The van der Waals surface area contributed by atoms with Gasteiger partial charge in [0.05, 0.1) is 0 Å². The first kappa shape index (κ1) is 13.2. The molecule has 0 spiro atoms. The third kappa shape index (κ3) is 1.60. The second kappa shape index (κ2) is 4.19. The first-order chi connectivity index (χ1) is 10.6. The topological polar surface area (TPSA) is 15.8 Å². The Balaban J connectivity index is 1.73. The molecule has 0 atom stereocenters. The van der Waals surface area contributed by atoms with Gasteiger partial charge in [0.25, 0.3) is 0 Å². The Morgan fingerprint density at radius 2 is 1.41 bits per heavy atom. The van der Waals surface area contributed by atoms with E-state index in [-0.39, 0.29) is 0 Å². The van der Waals surface area contributed by atoms with E-state index < -0.39 is 0 Å². The van der Waals surface area contributed by atoms with Gasteiger partial charge in [-0.2, -0.15) is 0 Å². The fourth-order valence-electron chi connectivity index (χ4n) is 6.75. The number of aromatic nitrogens is 1. The lowest BCUT2D eigenvalue weighted by molar-refractivity contribution is -0.00714. The summed E-state index contributed by atoms with van der Waals surface area (Å²) in [5.74, 6) is 3.04. The molecule has 4 saturated carbocycles. The molecular formula is C21H27N. The average Bonchev–Trinajstić information content (AvgIpc) is 2.81. The fraction of sp³-hybridized carbons (Fsp3) is 0.619. The molecule has 22 heavy (non-hydrogen) atoms. The van der Waals surface area contributed by atoms with Crippen molar-refractivity contribution in [2.75, 3.05) is 0 Å². The molecule has 1 heteroatoms. The van der Waals surface area contributed by atoms with Crippen molar-refractivity contribution in [2.24, 2.45) is 17.8 Å². The summed E-state index contributed by atoms with van der Waals surface area (Å²) in [6.45, 7) is 6.90. The third-order valence-corrected chi connectivity index (χ3v) is 7.19. The van der Waals surface area contributed by atoms with E-state index in [1.165, 1.54) is 60.6 Å². The van der Waals surface area contributed by atoms with Crippen LogP contribution in [0, 0.1) is 38.5 Å². The SMILES string of the molecule is Cc1ccc(C)c2c(C)c(C34CC5CC(CC(C5)C3)C4)[nH]c12. The van der Waals surface area contributed by atoms with Crippen LogP contribution in [0.2, 0.25) is 0 Å². The summed E-state index contributed by atoms with van der Waals surface area (Å²) in [7, 11) is 0. The van der Waals surface area contributed by atoms with Crippen molar-refractivity contribution in [3.8, 4) is 0 Å². The lowest BCUT2D eigenvalue weighted by atomic mass is 9.48. The van der Waals surface area contributed by atoms with Gasteiger partial charge in [-0.05, 0) is 93.7 Å². The van der Waals surface area contributed by atoms with Crippen LogP contribution < -0.4 is 0 Å². The minimum Gasteiger partial charge on any atom is -0.357 e. The van der Waals surface area contributed by atoms with E-state index in [1.807, 2.05) is 0 Å². The van der Waals surface area contributed by atoms with E-state index in [9.17, 15) is 0 Å². The third-order valence-electron chi connectivity index (χ3n) is 7.19. The number of hydrogen-bond donors (Lipinski definition) is 1. The van der Waals surface area contributed by atoms with Gasteiger partial charge in [-0.3, -0.25) is 0 Å². The number of rotatable bonds is 1. The maximum Gasteiger partial charge on any atom is 0.0491 e. The van der Waals surface area contributed by atoms with Crippen molar-refractivity contribution < 1.29 is 0 Å². The number of nitrogens with one attached hydrogen (secondary N) is 1. The normalized spacial score (nSPS) is 36.4. The molecule has 2 aromatic rings. The van der Waals surface area contributed by atoms with Gasteiger partial charge in [0, 0.05) is 22.0 Å². The van der Waals surface area contributed by atoms with Crippen molar-refractivity contribution >= 4 is 10.9 Å². The smallest absolute Gasteiger partial charge is 0.0491 e. The highest BCUT2D eigenvalue weighted by molar-refractivity contribution is 5.90. The molecule has 1 N–H and O–H groups in total.